The maximum Gasteiger partial charge on any atom is 0.347 e. The molecule has 0 heterocycles. The van der Waals surface area contributed by atoms with E-state index >= 15 is 0 Å². The zero-order valence-corrected chi connectivity index (χ0v) is 11.1. The van der Waals surface area contributed by atoms with Crippen LogP contribution in [0.3, 0.4) is 0 Å². The molecule has 0 bridgehead atoms. The van der Waals surface area contributed by atoms with Gasteiger partial charge >= 0.3 is 5.97 Å². The zero-order chi connectivity index (χ0) is 12.8. The Morgan fingerprint density at radius 1 is 1.41 bits per heavy atom. The number of esters is 1. The number of aryl methyl sites for hydroxylation is 1. The maximum atomic E-state index is 11.6. The van der Waals surface area contributed by atoms with E-state index in [4.69, 9.17) is 21.1 Å². The van der Waals surface area contributed by atoms with Crippen molar-refractivity contribution in [1.29, 1.82) is 0 Å². The second-order valence-electron chi connectivity index (χ2n) is 3.70. The molecule has 4 heteroatoms. The van der Waals surface area contributed by atoms with Crippen LogP contribution in [-0.2, 0) is 9.53 Å². The van der Waals surface area contributed by atoms with Gasteiger partial charge in [-0.15, -0.1) is 0 Å². The van der Waals surface area contributed by atoms with Crippen molar-refractivity contribution in [3.8, 4) is 5.75 Å². The molecule has 94 valence electrons. The predicted molar refractivity (Wildman–Crippen MR) is 67.5 cm³/mol. The Morgan fingerprint density at radius 3 is 2.71 bits per heavy atom. The summed E-state index contributed by atoms with van der Waals surface area (Å²) in [6.45, 7) is 5.92. The lowest BCUT2D eigenvalue weighted by Gasteiger charge is -2.17. The van der Waals surface area contributed by atoms with E-state index in [2.05, 4.69) is 0 Å². The number of hydrogen-bond donors (Lipinski definition) is 0. The molecule has 0 fully saturated rings. The van der Waals surface area contributed by atoms with E-state index in [1.807, 2.05) is 26.0 Å². The van der Waals surface area contributed by atoms with Gasteiger partial charge in [0.1, 0.15) is 5.75 Å². The normalized spacial score (nSPS) is 12.0. The molecule has 1 rings (SSSR count). The summed E-state index contributed by atoms with van der Waals surface area (Å²) in [5, 5.41) is 0.498. The molecule has 0 saturated heterocycles. The fourth-order valence-corrected chi connectivity index (χ4v) is 1.55. The molecule has 0 amide bonds. The van der Waals surface area contributed by atoms with Gasteiger partial charge in [0.15, 0.2) is 6.10 Å². The summed E-state index contributed by atoms with van der Waals surface area (Å²) in [6, 6.07) is 5.45. The molecule has 1 unspecified atom stereocenters. The first-order chi connectivity index (χ1) is 8.08. The van der Waals surface area contributed by atoms with Crippen molar-refractivity contribution in [3.63, 3.8) is 0 Å². The Labute approximate surface area is 107 Å². The molecule has 0 aliphatic rings. The number of hydrogen-bond acceptors (Lipinski definition) is 3. The smallest absolute Gasteiger partial charge is 0.347 e. The molecule has 0 N–H and O–H groups in total. The third-order valence-corrected chi connectivity index (χ3v) is 2.59. The maximum absolute atomic E-state index is 11.6. The van der Waals surface area contributed by atoms with Gasteiger partial charge in [-0.05, 0) is 38.0 Å². The van der Waals surface area contributed by atoms with Gasteiger partial charge in [-0.3, -0.25) is 0 Å². The van der Waals surface area contributed by atoms with Crippen LogP contribution >= 0.6 is 11.6 Å². The molecular formula is C13H17ClO3. The largest absolute Gasteiger partial charge is 0.477 e. The Hall–Kier alpha value is -1.22. The average Bonchev–Trinajstić information content (AvgIpc) is 2.30. The summed E-state index contributed by atoms with van der Waals surface area (Å²) >= 11 is 6.00. The van der Waals surface area contributed by atoms with Crippen molar-refractivity contribution < 1.29 is 14.3 Å². The minimum Gasteiger partial charge on any atom is -0.477 e. The van der Waals surface area contributed by atoms with Crippen LogP contribution in [-0.4, -0.2) is 18.7 Å². The van der Waals surface area contributed by atoms with Crippen molar-refractivity contribution in [2.75, 3.05) is 6.61 Å². The predicted octanol–water partition coefficient (Wildman–Crippen LogP) is 3.37. The summed E-state index contributed by atoms with van der Waals surface area (Å²) in [5.41, 5.74) is 1.03. The van der Waals surface area contributed by atoms with Gasteiger partial charge in [-0.1, -0.05) is 24.6 Å². The van der Waals surface area contributed by atoms with Gasteiger partial charge in [-0.2, -0.15) is 0 Å². The Morgan fingerprint density at radius 2 is 2.12 bits per heavy atom. The van der Waals surface area contributed by atoms with Crippen LogP contribution in [0.2, 0.25) is 5.02 Å². The lowest BCUT2D eigenvalue weighted by molar-refractivity contribution is -0.151. The lowest BCUT2D eigenvalue weighted by Crippen LogP contribution is -2.28. The fourth-order valence-electron chi connectivity index (χ4n) is 1.39. The van der Waals surface area contributed by atoms with E-state index in [1.54, 1.807) is 13.0 Å². The van der Waals surface area contributed by atoms with E-state index in [9.17, 15) is 4.79 Å². The van der Waals surface area contributed by atoms with Gasteiger partial charge in [0.25, 0.3) is 0 Å². The SMILES string of the molecule is CCOC(=O)C(CC)Oc1cc(C)ccc1Cl. The van der Waals surface area contributed by atoms with Crippen LogP contribution in [0.1, 0.15) is 25.8 Å². The number of carbonyl (C=O) groups excluding carboxylic acids is 1. The molecule has 1 aromatic carbocycles. The minimum atomic E-state index is -0.603. The fraction of sp³-hybridized carbons (Fsp3) is 0.462. The first-order valence-corrected chi connectivity index (χ1v) is 6.05. The Kier molecular flexibility index (Phi) is 5.29. The van der Waals surface area contributed by atoms with E-state index < -0.39 is 6.10 Å². The highest BCUT2D eigenvalue weighted by molar-refractivity contribution is 6.32. The van der Waals surface area contributed by atoms with E-state index in [-0.39, 0.29) is 5.97 Å². The summed E-state index contributed by atoms with van der Waals surface area (Å²) in [6.07, 6.45) is -0.0578. The number of ether oxygens (including phenoxy) is 2. The number of benzene rings is 1. The number of rotatable bonds is 5. The summed E-state index contributed by atoms with van der Waals surface area (Å²) < 4.78 is 10.5. The molecule has 0 saturated carbocycles. The second kappa shape index (κ2) is 6.50. The monoisotopic (exact) mass is 256 g/mol. The van der Waals surface area contributed by atoms with Crippen LogP contribution in [0.5, 0.6) is 5.75 Å². The molecule has 0 radical (unpaired) electrons. The van der Waals surface area contributed by atoms with Gasteiger partial charge in [0.2, 0.25) is 0 Å². The zero-order valence-electron chi connectivity index (χ0n) is 10.3. The Bertz CT molecular complexity index is 390. The molecule has 0 aliphatic carbocycles. The highest BCUT2D eigenvalue weighted by atomic mass is 35.5. The van der Waals surface area contributed by atoms with Crippen molar-refractivity contribution in [2.45, 2.75) is 33.3 Å². The van der Waals surface area contributed by atoms with E-state index in [1.165, 1.54) is 0 Å². The number of halogens is 1. The molecule has 17 heavy (non-hydrogen) atoms. The van der Waals surface area contributed by atoms with Gasteiger partial charge in [-0.25, -0.2) is 4.79 Å². The van der Waals surface area contributed by atoms with Crippen molar-refractivity contribution >= 4 is 17.6 Å². The highest BCUT2D eigenvalue weighted by Crippen LogP contribution is 2.26. The topological polar surface area (TPSA) is 35.5 Å². The number of carbonyl (C=O) groups is 1. The summed E-state index contributed by atoms with van der Waals surface area (Å²) in [4.78, 5) is 11.6. The first kappa shape index (κ1) is 13.8. The van der Waals surface area contributed by atoms with Gasteiger partial charge in [0, 0.05) is 0 Å². The third kappa shape index (κ3) is 3.93. The quantitative estimate of drug-likeness (QED) is 0.758. The average molecular weight is 257 g/mol. The second-order valence-corrected chi connectivity index (χ2v) is 4.11. The first-order valence-electron chi connectivity index (χ1n) is 5.67. The molecule has 1 aromatic rings. The Balaban J connectivity index is 2.80. The molecule has 3 nitrogen and oxygen atoms in total. The van der Waals surface area contributed by atoms with Crippen molar-refractivity contribution in [3.05, 3.63) is 28.8 Å². The van der Waals surface area contributed by atoms with E-state index in [0.717, 1.165) is 5.56 Å². The van der Waals surface area contributed by atoms with Crippen LogP contribution < -0.4 is 4.74 Å². The highest BCUT2D eigenvalue weighted by Gasteiger charge is 2.20. The van der Waals surface area contributed by atoms with Crippen LogP contribution in [0.15, 0.2) is 18.2 Å². The standard InChI is InChI=1S/C13H17ClO3/c1-4-11(13(15)16-5-2)17-12-8-9(3)6-7-10(12)14/h6-8,11H,4-5H2,1-3H3. The van der Waals surface area contributed by atoms with Crippen LogP contribution in [0.25, 0.3) is 0 Å². The van der Waals surface area contributed by atoms with Crippen molar-refractivity contribution in [2.24, 2.45) is 0 Å². The summed E-state index contributed by atoms with van der Waals surface area (Å²) in [5.74, 6) is 0.166. The van der Waals surface area contributed by atoms with Crippen LogP contribution in [0.4, 0.5) is 0 Å². The summed E-state index contributed by atoms with van der Waals surface area (Å²) in [7, 11) is 0. The molecule has 0 spiro atoms. The van der Waals surface area contributed by atoms with E-state index in [0.29, 0.717) is 23.8 Å². The molecule has 1 atom stereocenters. The third-order valence-electron chi connectivity index (χ3n) is 2.28. The van der Waals surface area contributed by atoms with Crippen molar-refractivity contribution in [1.82, 2.24) is 0 Å². The molecular weight excluding hydrogens is 240 g/mol. The van der Waals surface area contributed by atoms with Gasteiger partial charge in [0.05, 0.1) is 11.6 Å². The lowest BCUT2D eigenvalue weighted by atomic mass is 10.2. The molecule has 0 aliphatic heterocycles. The molecule has 0 aromatic heterocycles. The van der Waals surface area contributed by atoms with Gasteiger partial charge < -0.3 is 9.47 Å². The minimum absolute atomic E-state index is 0.347. The van der Waals surface area contributed by atoms with Crippen LogP contribution in [0, 0.1) is 6.92 Å².